The molecule has 1 saturated heterocycles. The third-order valence-electron chi connectivity index (χ3n) is 2.90. The maximum atomic E-state index is 12.0. The van der Waals surface area contributed by atoms with E-state index in [-0.39, 0.29) is 12.3 Å². The molecule has 0 aromatic heterocycles. The Balaban J connectivity index is 2.72. The van der Waals surface area contributed by atoms with E-state index in [4.69, 9.17) is 11.5 Å². The largest absolute Gasteiger partial charge is 0.480 e. The lowest BCUT2D eigenvalue weighted by Gasteiger charge is -2.35. The van der Waals surface area contributed by atoms with Gasteiger partial charge in [0, 0.05) is 19.5 Å². The number of nitrogens with one attached hydrogen (secondary N) is 2. The fourth-order valence-electron chi connectivity index (χ4n) is 1.91. The van der Waals surface area contributed by atoms with Gasteiger partial charge in [-0.15, -0.1) is 12.3 Å². The van der Waals surface area contributed by atoms with Gasteiger partial charge in [-0.05, 0) is 6.42 Å². The van der Waals surface area contributed by atoms with Gasteiger partial charge >= 0.3 is 12.0 Å². The van der Waals surface area contributed by atoms with Gasteiger partial charge in [0.2, 0.25) is 5.91 Å². The van der Waals surface area contributed by atoms with Gasteiger partial charge in [0.05, 0.1) is 0 Å². The van der Waals surface area contributed by atoms with E-state index in [1.54, 1.807) is 6.92 Å². The van der Waals surface area contributed by atoms with E-state index in [0.29, 0.717) is 19.5 Å². The summed E-state index contributed by atoms with van der Waals surface area (Å²) < 4.78 is 0. The van der Waals surface area contributed by atoms with Crippen LogP contribution in [0.25, 0.3) is 0 Å². The summed E-state index contributed by atoms with van der Waals surface area (Å²) >= 11 is 0. The number of hydrogen-bond donors (Lipinski definition) is 3. The van der Waals surface area contributed by atoms with Crippen molar-refractivity contribution in [1.82, 2.24) is 15.5 Å². The monoisotopic (exact) mass is 267 g/mol. The van der Waals surface area contributed by atoms with Crippen LogP contribution in [0.1, 0.15) is 19.8 Å². The first-order chi connectivity index (χ1) is 9.01. The lowest BCUT2D eigenvalue weighted by atomic mass is 10.1. The summed E-state index contributed by atoms with van der Waals surface area (Å²) in [6, 6.07) is -2.29. The van der Waals surface area contributed by atoms with Crippen molar-refractivity contribution in [3.63, 3.8) is 0 Å². The minimum Gasteiger partial charge on any atom is -0.480 e. The number of carbonyl (C=O) groups excluding carboxylic acids is 2. The molecule has 1 fully saturated rings. The zero-order valence-corrected chi connectivity index (χ0v) is 10.7. The van der Waals surface area contributed by atoms with Gasteiger partial charge in [-0.25, -0.2) is 9.59 Å². The van der Waals surface area contributed by atoms with Crippen LogP contribution in [0.4, 0.5) is 4.79 Å². The van der Waals surface area contributed by atoms with Crippen molar-refractivity contribution < 1.29 is 19.5 Å². The van der Waals surface area contributed by atoms with Crippen LogP contribution >= 0.6 is 0 Å². The first kappa shape index (κ1) is 14.8. The minimum atomic E-state index is -1.19. The molecule has 7 heteroatoms. The smallest absolute Gasteiger partial charge is 0.327 e. The Hall–Kier alpha value is -2.23. The number of aliphatic carboxylic acids is 1. The Kier molecular flexibility index (Phi) is 5.18. The van der Waals surface area contributed by atoms with Gasteiger partial charge in [-0.3, -0.25) is 4.79 Å². The molecule has 2 atom stereocenters. The van der Waals surface area contributed by atoms with Crippen molar-refractivity contribution in [1.29, 1.82) is 0 Å². The van der Waals surface area contributed by atoms with Crippen molar-refractivity contribution >= 4 is 17.9 Å². The molecule has 1 rings (SSSR count). The van der Waals surface area contributed by atoms with Gasteiger partial charge < -0.3 is 20.6 Å². The molecule has 0 spiro atoms. The molecule has 1 aliphatic rings. The van der Waals surface area contributed by atoms with Crippen molar-refractivity contribution in [3.8, 4) is 12.3 Å². The molecule has 0 radical (unpaired) electrons. The second kappa shape index (κ2) is 6.64. The summed E-state index contributed by atoms with van der Waals surface area (Å²) in [5, 5.41) is 13.9. The van der Waals surface area contributed by atoms with E-state index in [2.05, 4.69) is 16.6 Å². The van der Waals surface area contributed by atoms with Crippen LogP contribution in [0.2, 0.25) is 0 Å². The fraction of sp³-hybridized carbons (Fsp3) is 0.583. The third kappa shape index (κ3) is 3.61. The highest BCUT2D eigenvalue weighted by molar-refractivity contribution is 5.89. The molecule has 3 N–H and O–H groups in total. The number of rotatable bonds is 4. The van der Waals surface area contributed by atoms with Crippen molar-refractivity contribution in [2.45, 2.75) is 31.8 Å². The number of piperazine rings is 1. The van der Waals surface area contributed by atoms with E-state index in [1.807, 2.05) is 0 Å². The summed E-state index contributed by atoms with van der Waals surface area (Å²) in [5.74, 6) is 0.775. The van der Waals surface area contributed by atoms with Gasteiger partial charge in [0.15, 0.2) is 0 Å². The van der Waals surface area contributed by atoms with E-state index in [0.717, 1.165) is 0 Å². The highest BCUT2D eigenvalue weighted by Gasteiger charge is 2.33. The molecule has 0 bridgehead atoms. The number of carboxylic acid groups (broad SMARTS) is 1. The number of urea groups is 1. The van der Waals surface area contributed by atoms with Gasteiger partial charge in [0.25, 0.3) is 0 Å². The molecule has 1 heterocycles. The van der Waals surface area contributed by atoms with Crippen LogP contribution in [-0.4, -0.2) is 53.1 Å². The highest BCUT2D eigenvalue weighted by atomic mass is 16.4. The highest BCUT2D eigenvalue weighted by Crippen LogP contribution is 2.09. The van der Waals surface area contributed by atoms with E-state index >= 15 is 0 Å². The Morgan fingerprint density at radius 3 is 2.89 bits per heavy atom. The quantitative estimate of drug-likeness (QED) is 0.591. The van der Waals surface area contributed by atoms with Crippen LogP contribution in [0.3, 0.4) is 0 Å². The summed E-state index contributed by atoms with van der Waals surface area (Å²) in [6.45, 7) is 2.49. The average molecular weight is 267 g/mol. The average Bonchev–Trinajstić information content (AvgIpc) is 2.37. The number of nitrogens with zero attached hydrogens (tertiary/aromatic N) is 1. The van der Waals surface area contributed by atoms with Crippen LogP contribution in [0.15, 0.2) is 0 Å². The molecular weight excluding hydrogens is 250 g/mol. The third-order valence-corrected chi connectivity index (χ3v) is 2.90. The summed E-state index contributed by atoms with van der Waals surface area (Å²) in [4.78, 5) is 35.9. The Morgan fingerprint density at radius 2 is 2.37 bits per heavy atom. The molecule has 3 amide bonds. The minimum absolute atomic E-state index is 0.0993. The zero-order valence-electron chi connectivity index (χ0n) is 10.7. The van der Waals surface area contributed by atoms with E-state index in [9.17, 15) is 14.4 Å². The predicted octanol–water partition coefficient (Wildman–Crippen LogP) is -0.617. The lowest BCUT2D eigenvalue weighted by molar-refractivity contribution is -0.139. The topological polar surface area (TPSA) is 98.7 Å². The van der Waals surface area contributed by atoms with E-state index < -0.39 is 24.1 Å². The van der Waals surface area contributed by atoms with Crippen molar-refractivity contribution in [2.24, 2.45) is 0 Å². The normalized spacial score (nSPS) is 20.1. The number of hydrogen-bond acceptors (Lipinski definition) is 3. The Morgan fingerprint density at radius 1 is 1.68 bits per heavy atom. The molecular formula is C12H17N3O4. The first-order valence-corrected chi connectivity index (χ1v) is 6.02. The predicted molar refractivity (Wildman–Crippen MR) is 67.2 cm³/mol. The number of carboxylic acids is 1. The van der Waals surface area contributed by atoms with Crippen LogP contribution in [-0.2, 0) is 9.59 Å². The second-order valence-electron chi connectivity index (χ2n) is 4.16. The van der Waals surface area contributed by atoms with Gasteiger partial charge in [0.1, 0.15) is 12.1 Å². The molecule has 2 unspecified atom stereocenters. The molecule has 0 aromatic carbocycles. The van der Waals surface area contributed by atoms with E-state index in [1.165, 1.54) is 4.90 Å². The van der Waals surface area contributed by atoms with Gasteiger partial charge in [-0.2, -0.15) is 0 Å². The summed E-state index contributed by atoms with van der Waals surface area (Å²) in [5.41, 5.74) is 0. The van der Waals surface area contributed by atoms with Crippen LogP contribution in [0, 0.1) is 12.3 Å². The molecule has 7 nitrogen and oxygen atoms in total. The zero-order chi connectivity index (χ0) is 14.4. The first-order valence-electron chi connectivity index (χ1n) is 6.02. The molecule has 0 saturated carbocycles. The molecule has 1 aliphatic heterocycles. The molecule has 0 aliphatic carbocycles. The van der Waals surface area contributed by atoms with Gasteiger partial charge in [-0.1, -0.05) is 6.92 Å². The maximum absolute atomic E-state index is 12.0. The standard InChI is InChI=1S/C12H17N3O4/c1-3-5-8(11(17)18)14-12(19)15-7-6-13-10(16)9(15)4-2/h1,8-9H,4-7H2,2H3,(H,13,16)(H,14,19)(H,17,18). The number of terminal acetylenes is 1. The van der Waals surface area contributed by atoms with Crippen molar-refractivity contribution in [2.75, 3.05) is 13.1 Å². The number of carbonyl (C=O) groups is 3. The molecule has 0 aromatic rings. The summed E-state index contributed by atoms with van der Waals surface area (Å²) in [7, 11) is 0. The SMILES string of the molecule is C#CCC(NC(=O)N1CCNC(=O)C1CC)C(=O)O. The number of amides is 3. The lowest BCUT2D eigenvalue weighted by Crippen LogP contribution is -2.60. The molecule has 19 heavy (non-hydrogen) atoms. The molecule has 104 valence electrons. The second-order valence-corrected chi connectivity index (χ2v) is 4.16. The Labute approximate surface area is 111 Å². The maximum Gasteiger partial charge on any atom is 0.327 e. The van der Waals surface area contributed by atoms with Crippen molar-refractivity contribution in [3.05, 3.63) is 0 Å². The summed E-state index contributed by atoms with van der Waals surface area (Å²) in [6.07, 6.45) is 5.42. The van der Waals surface area contributed by atoms with Crippen LogP contribution < -0.4 is 10.6 Å². The van der Waals surface area contributed by atoms with Crippen LogP contribution in [0.5, 0.6) is 0 Å². The Bertz CT molecular complexity index is 416. The fourth-order valence-corrected chi connectivity index (χ4v) is 1.91.